The molecule has 0 saturated carbocycles. The number of carboxylic acids is 1. The van der Waals surface area contributed by atoms with Crippen LogP contribution < -0.4 is 25.8 Å². The quantitative estimate of drug-likeness (QED) is 0.0846. The maximum Gasteiger partial charge on any atom is 0.352 e. The average molecular weight is 674 g/mol. The molecule has 0 spiro atoms. The number of amides is 2. The molecule has 0 bridgehead atoms. The molecule has 3 aliphatic rings. The highest BCUT2D eigenvalue weighted by molar-refractivity contribution is 8.01. The standard InChI is InChI=1S/C28H29FN8O5S3/c1-35-6-3-20(15-9-16(29)19(10-18(15)35)36-7-4-31-5-8-36)43-11-14-12-44-26-22(25(39)37(26)23(14)27(40)41)33-24(38)21(34-42-2)17-13-45-28(30)32-17/h3,6,9-10,13,22,26,31H,4-5,7-8,11-12H2,1-2H3,(H3-,30,32,33,38,40,41)/p+1/b34-21-/t22?,26-/m1/s1. The number of pyridine rings is 1. The number of nitrogens with one attached hydrogen (secondary N) is 2. The summed E-state index contributed by atoms with van der Waals surface area (Å²) in [6, 6.07) is 4.32. The van der Waals surface area contributed by atoms with E-state index in [0.29, 0.717) is 30.1 Å². The predicted molar refractivity (Wildman–Crippen MR) is 171 cm³/mol. The fourth-order valence-electron chi connectivity index (χ4n) is 5.52. The van der Waals surface area contributed by atoms with E-state index in [2.05, 4.69) is 20.8 Å². The van der Waals surface area contributed by atoms with Crippen LogP contribution in [0.3, 0.4) is 0 Å². The molecule has 6 rings (SSSR count). The molecule has 45 heavy (non-hydrogen) atoms. The van der Waals surface area contributed by atoms with Crippen LogP contribution in [0.5, 0.6) is 0 Å². The number of thioether (sulfide) groups is 2. The highest BCUT2D eigenvalue weighted by Crippen LogP contribution is 2.42. The number of benzene rings is 1. The van der Waals surface area contributed by atoms with Crippen LogP contribution in [0.25, 0.3) is 10.9 Å². The highest BCUT2D eigenvalue weighted by atomic mass is 32.2. The minimum atomic E-state index is -1.23. The molecule has 2 amide bonds. The fourth-order valence-corrected chi connectivity index (χ4v) is 8.59. The number of aliphatic carboxylic acids is 1. The van der Waals surface area contributed by atoms with Crippen LogP contribution in [-0.2, 0) is 26.3 Å². The third-order valence-electron chi connectivity index (χ3n) is 7.72. The molecule has 2 atom stereocenters. The molecule has 17 heteroatoms. The summed E-state index contributed by atoms with van der Waals surface area (Å²) in [4.78, 5) is 51.6. The number of β-lactam (4-membered cyclic amide) rings is 1. The van der Waals surface area contributed by atoms with Gasteiger partial charge in [-0.1, -0.05) is 5.16 Å². The van der Waals surface area contributed by atoms with Crippen LogP contribution >= 0.6 is 34.9 Å². The number of thiazole rings is 1. The Morgan fingerprint density at radius 1 is 1.36 bits per heavy atom. The summed E-state index contributed by atoms with van der Waals surface area (Å²) >= 11 is 3.87. The van der Waals surface area contributed by atoms with Crippen LogP contribution in [0.2, 0.25) is 0 Å². The van der Waals surface area contributed by atoms with Gasteiger partial charge in [-0.3, -0.25) is 14.5 Å². The predicted octanol–water partition coefficient (Wildman–Crippen LogP) is 1.13. The van der Waals surface area contributed by atoms with Crippen molar-refractivity contribution in [1.82, 2.24) is 20.5 Å². The van der Waals surface area contributed by atoms with Crippen molar-refractivity contribution in [3.05, 3.63) is 52.6 Å². The van der Waals surface area contributed by atoms with E-state index in [0.717, 1.165) is 40.2 Å². The number of hydrogen-bond donors (Lipinski definition) is 4. The summed E-state index contributed by atoms with van der Waals surface area (Å²) in [6.07, 6.45) is 1.90. The molecule has 3 aliphatic heterocycles. The van der Waals surface area contributed by atoms with Gasteiger partial charge in [-0.25, -0.2) is 18.7 Å². The molecule has 13 nitrogen and oxygen atoms in total. The van der Waals surface area contributed by atoms with E-state index in [4.69, 9.17) is 10.6 Å². The van der Waals surface area contributed by atoms with Gasteiger partial charge in [0.05, 0.1) is 11.1 Å². The molecular formula is C28H30FN8O5S3+. The van der Waals surface area contributed by atoms with Crippen molar-refractivity contribution < 1.29 is 33.3 Å². The molecular weight excluding hydrogens is 644 g/mol. The number of halogens is 1. The van der Waals surface area contributed by atoms with Crippen molar-refractivity contribution in [2.45, 2.75) is 16.3 Å². The van der Waals surface area contributed by atoms with E-state index in [-0.39, 0.29) is 33.8 Å². The number of carbonyl (C=O) groups is 3. The Labute approximate surface area is 269 Å². The van der Waals surface area contributed by atoms with Gasteiger partial charge in [-0.05, 0) is 11.6 Å². The molecule has 5 N–H and O–H groups in total. The van der Waals surface area contributed by atoms with E-state index in [9.17, 15) is 19.5 Å². The fraction of sp³-hybridized carbons (Fsp3) is 0.357. The third kappa shape index (κ3) is 5.92. The number of anilines is 2. The Morgan fingerprint density at radius 3 is 2.82 bits per heavy atom. The zero-order valence-corrected chi connectivity index (χ0v) is 26.7. The van der Waals surface area contributed by atoms with Crippen LogP contribution in [0.4, 0.5) is 15.2 Å². The number of carboxylic acid groups (broad SMARTS) is 1. The first-order valence-corrected chi connectivity index (χ1v) is 16.8. The smallest absolute Gasteiger partial charge is 0.352 e. The van der Waals surface area contributed by atoms with Crippen molar-refractivity contribution in [2.24, 2.45) is 12.2 Å². The number of carbonyl (C=O) groups excluding carboxylic acids is 2. The first kappa shape index (κ1) is 31.1. The van der Waals surface area contributed by atoms with E-state index in [1.807, 2.05) is 34.8 Å². The van der Waals surface area contributed by atoms with Crippen LogP contribution in [0, 0.1) is 5.82 Å². The topological polar surface area (TPSA) is 166 Å². The Kier molecular flexibility index (Phi) is 8.85. The number of rotatable bonds is 9. The maximum absolute atomic E-state index is 15.4. The molecule has 0 aliphatic carbocycles. The van der Waals surface area contributed by atoms with E-state index < -0.39 is 29.2 Å². The second-order valence-electron chi connectivity index (χ2n) is 10.4. The first-order valence-electron chi connectivity index (χ1n) is 13.9. The lowest BCUT2D eigenvalue weighted by atomic mass is 10.0. The molecule has 0 radical (unpaired) electrons. The van der Waals surface area contributed by atoms with Gasteiger partial charge in [-0.2, -0.15) is 0 Å². The average Bonchev–Trinajstić information content (AvgIpc) is 3.47. The summed E-state index contributed by atoms with van der Waals surface area (Å²) < 4.78 is 17.3. The van der Waals surface area contributed by atoms with E-state index in [1.54, 1.807) is 11.4 Å². The first-order chi connectivity index (χ1) is 21.7. The Balaban J connectivity index is 1.20. The normalized spacial score (nSPS) is 20.2. The van der Waals surface area contributed by atoms with Crippen molar-refractivity contribution in [3.63, 3.8) is 0 Å². The van der Waals surface area contributed by atoms with Crippen molar-refractivity contribution in [3.8, 4) is 0 Å². The highest BCUT2D eigenvalue weighted by Gasteiger charge is 2.54. The summed E-state index contributed by atoms with van der Waals surface area (Å²) in [5.41, 5.74) is 7.61. The molecule has 2 aromatic heterocycles. The molecule has 1 aromatic carbocycles. The van der Waals surface area contributed by atoms with Crippen LogP contribution in [0.15, 0.2) is 51.1 Å². The van der Waals surface area contributed by atoms with E-state index >= 15 is 4.39 Å². The summed E-state index contributed by atoms with van der Waals surface area (Å²) in [5, 5.41) is 21.7. The number of hydrogen-bond acceptors (Lipinski definition) is 12. The monoisotopic (exact) mass is 673 g/mol. The minimum Gasteiger partial charge on any atom is -0.477 e. The number of fused-ring (bicyclic) bond motifs is 2. The van der Waals surface area contributed by atoms with Gasteiger partial charge in [-0.15, -0.1) is 34.9 Å². The zero-order chi connectivity index (χ0) is 31.8. The van der Waals surface area contributed by atoms with Gasteiger partial charge in [0.2, 0.25) is 5.52 Å². The molecule has 5 heterocycles. The molecule has 3 aromatic rings. The largest absolute Gasteiger partial charge is 0.477 e. The molecule has 2 saturated heterocycles. The van der Waals surface area contributed by atoms with Crippen LogP contribution in [-0.4, -0.2) is 94.7 Å². The third-order valence-corrected chi connectivity index (χ3v) is 10.9. The Bertz CT molecular complexity index is 1760. The van der Waals surface area contributed by atoms with Crippen LogP contribution in [0.1, 0.15) is 5.69 Å². The summed E-state index contributed by atoms with van der Waals surface area (Å²) in [7, 11) is 3.18. The van der Waals surface area contributed by atoms with Gasteiger partial charge in [0.25, 0.3) is 11.8 Å². The number of piperazine rings is 1. The summed E-state index contributed by atoms with van der Waals surface area (Å²) in [5.74, 6) is -2.17. The number of nitrogens with zero attached hydrogens (tertiary/aromatic N) is 5. The number of oxime groups is 1. The Hall–Kier alpha value is -3.93. The minimum absolute atomic E-state index is 0.0993. The lowest BCUT2D eigenvalue weighted by Gasteiger charge is -2.49. The molecule has 2 fully saturated rings. The zero-order valence-electron chi connectivity index (χ0n) is 24.3. The van der Waals surface area contributed by atoms with Gasteiger partial charge in [0.1, 0.15) is 42.8 Å². The second-order valence-corrected chi connectivity index (χ2v) is 13.5. The number of aromatic nitrogens is 2. The van der Waals surface area contributed by atoms with Crippen molar-refractivity contribution >= 4 is 80.1 Å². The molecule has 236 valence electrons. The lowest BCUT2D eigenvalue weighted by molar-refractivity contribution is -0.645. The van der Waals surface area contributed by atoms with Gasteiger partial charge in [0.15, 0.2) is 17.0 Å². The SMILES string of the molecule is CO/N=C(\C(=O)NC1C(=O)N2C(C(=O)O)=C(CSc3cc[n+](C)c4cc(N5CCNCC5)c(F)cc34)CS[C@H]12)c1csc(N)n1. The Morgan fingerprint density at radius 2 is 2.13 bits per heavy atom. The number of nitrogen functional groups attached to an aromatic ring is 1. The molecule has 1 unspecified atom stereocenters. The van der Waals surface area contributed by atoms with Crippen molar-refractivity contribution in [1.29, 1.82) is 0 Å². The van der Waals surface area contributed by atoms with E-state index in [1.165, 1.54) is 35.5 Å². The van der Waals surface area contributed by atoms with Gasteiger partial charge >= 0.3 is 5.97 Å². The number of nitrogens with two attached hydrogens (primary N) is 1. The lowest BCUT2D eigenvalue weighted by Crippen LogP contribution is -2.71. The second kappa shape index (κ2) is 12.8. The maximum atomic E-state index is 15.4. The van der Waals surface area contributed by atoms with Gasteiger partial charge < -0.3 is 31.2 Å². The van der Waals surface area contributed by atoms with Crippen molar-refractivity contribution in [2.75, 3.05) is 55.4 Å². The summed E-state index contributed by atoms with van der Waals surface area (Å²) in [6.45, 7) is 3.01. The number of aryl methyl sites for hydroxylation is 1. The van der Waals surface area contributed by atoms with Gasteiger partial charge in [0, 0.05) is 60.1 Å².